The van der Waals surface area contributed by atoms with E-state index in [0.717, 1.165) is 69.1 Å². The second-order valence-electron chi connectivity index (χ2n) is 12.4. The maximum absolute atomic E-state index is 12.4. The Labute approximate surface area is 417 Å². The molecule has 1 saturated heterocycles. The van der Waals surface area contributed by atoms with Crippen molar-refractivity contribution in [2.45, 2.75) is 63.5 Å². The maximum atomic E-state index is 12.4. The Balaban J connectivity index is 0.00000107. The summed E-state index contributed by atoms with van der Waals surface area (Å²) in [6.45, 7) is -4.47. The molecule has 1 aromatic heterocycles. The quantitative estimate of drug-likeness (QED) is 0.0923. The number of amides is 2. The Morgan fingerprint density at radius 3 is 1.49 bits per heavy atom. The topological polar surface area (TPSA) is 157 Å². The first-order valence-corrected chi connectivity index (χ1v) is 36.5. The second-order valence-corrected chi connectivity index (χ2v) is 28.6. The van der Waals surface area contributed by atoms with E-state index in [4.69, 9.17) is 9.90 Å². The van der Waals surface area contributed by atoms with E-state index in [2.05, 4.69) is 114 Å². The molecule has 3 aromatic rings. The fourth-order valence-corrected chi connectivity index (χ4v) is 4.63. The van der Waals surface area contributed by atoms with Gasteiger partial charge in [-0.25, -0.2) is 0 Å². The minimum absolute atomic E-state index is 0.0157. The average molecular weight is 1520 g/mol. The third-order valence-corrected chi connectivity index (χ3v) is 7.06. The van der Waals surface area contributed by atoms with Gasteiger partial charge in [-0.1, -0.05) is 12.5 Å². The first kappa shape index (κ1) is 63.0. The number of hydrogen-bond acceptors (Lipinski definition) is 9. The van der Waals surface area contributed by atoms with Crippen LogP contribution in [0.5, 0.6) is 23.0 Å². The monoisotopic (exact) mass is 1520 g/mol. The van der Waals surface area contributed by atoms with E-state index in [1.807, 2.05) is 0 Å². The largest absolute Gasteiger partial charge is 0.484 e. The molecular weight excluding hydrogens is 1480 g/mol. The molecule has 1 aliphatic rings. The molecule has 0 spiro atoms. The number of carbonyl (C=O) groups excluding carboxylic acids is 2. The van der Waals surface area contributed by atoms with E-state index < -0.39 is 86.0 Å². The van der Waals surface area contributed by atoms with Crippen LogP contribution in [0, 0.1) is 0 Å². The van der Waals surface area contributed by atoms with E-state index in [1.165, 1.54) is 6.20 Å². The van der Waals surface area contributed by atoms with Crippen molar-refractivity contribution in [2.24, 2.45) is 0 Å². The summed E-state index contributed by atoms with van der Waals surface area (Å²) in [5.41, 5.74) is -0.266. The van der Waals surface area contributed by atoms with Gasteiger partial charge in [0.15, 0.2) is 26.4 Å². The summed E-state index contributed by atoms with van der Waals surface area (Å²) in [6, 6.07) is 10.6. The summed E-state index contributed by atoms with van der Waals surface area (Å²) in [5, 5.41) is 15.6. The summed E-state index contributed by atoms with van der Waals surface area (Å²) in [6.07, 6.45) is -14.2. The van der Waals surface area contributed by atoms with Gasteiger partial charge in [-0.2, -0.15) is 52.7 Å². The molecule has 2 heterocycles. The predicted octanol–water partition coefficient (Wildman–Crippen LogP) is 7.97. The molecule has 1 atom stereocenters. The van der Waals surface area contributed by atoms with Gasteiger partial charge in [0.1, 0.15) is 23.0 Å². The molecule has 0 bridgehead atoms. The third-order valence-electron chi connectivity index (χ3n) is 7.06. The molecule has 4 N–H and O–H groups in total. The number of alkyl halides is 12. The number of ether oxygens (including phenoxy) is 4. The van der Waals surface area contributed by atoms with E-state index >= 15 is 0 Å². The number of piperidine rings is 1. The average Bonchev–Trinajstić information content (AvgIpc) is 3.22. The van der Waals surface area contributed by atoms with Gasteiger partial charge in [0, 0.05) is 62.9 Å². The van der Waals surface area contributed by atoms with Crippen LogP contribution in [-0.4, -0.2) is 98.1 Å². The van der Waals surface area contributed by atoms with Gasteiger partial charge < -0.3 is 40.0 Å². The molecule has 2 aromatic carbocycles. The fourth-order valence-electron chi connectivity index (χ4n) is 4.63. The molecule has 12 nitrogen and oxygen atoms in total. The molecule has 1 unspecified atom stereocenters. The smallest absolute Gasteiger partial charge is 0.422 e. The second kappa shape index (κ2) is 32.7. The SMILES string of the molecule is CC(=O)O.II.I[I-]I.O=C(NCC1CCCCN1)c1cc(OCC(F)(F)F)ccc1OCC(F)(F)F.O=C(NCc1ccccn1)c1cc(OCC(F)(F)F)ccc1OCC(F)(F)F. The van der Waals surface area contributed by atoms with Gasteiger partial charge >= 0.3 is 75.2 Å². The number of halogens is 17. The van der Waals surface area contributed by atoms with E-state index in [9.17, 15) is 62.3 Å². The molecule has 370 valence electrons. The van der Waals surface area contributed by atoms with Crippen LogP contribution >= 0.6 is 74.5 Å². The predicted molar refractivity (Wildman–Crippen MR) is 242 cm³/mol. The van der Waals surface area contributed by atoms with Crippen LogP contribution in [-0.2, 0) is 11.3 Å². The molecule has 1 fully saturated rings. The summed E-state index contributed by atoms with van der Waals surface area (Å²) in [4.78, 5) is 37.7. The Morgan fingerprint density at radius 2 is 1.12 bits per heavy atom. The van der Waals surface area contributed by atoms with Gasteiger partial charge in [-0.3, -0.25) is 19.4 Å². The van der Waals surface area contributed by atoms with Gasteiger partial charge in [-0.15, -0.1) is 0 Å². The van der Waals surface area contributed by atoms with Crippen molar-refractivity contribution in [1.82, 2.24) is 20.9 Å². The number of pyridine rings is 1. The summed E-state index contributed by atoms with van der Waals surface area (Å²) < 4.78 is 166. The van der Waals surface area contributed by atoms with Gasteiger partial charge in [0.05, 0.1) is 23.4 Å². The summed E-state index contributed by atoms with van der Waals surface area (Å²) in [5.74, 6) is -3.96. The van der Waals surface area contributed by atoms with Crippen molar-refractivity contribution in [3.05, 3.63) is 77.6 Å². The van der Waals surface area contributed by atoms with Gasteiger partial charge in [-0.05, 0) is 67.9 Å². The standard InChI is InChI=1S/C17H20F6N2O3.C17H14F6N2O3.C2H4O2.I3.I2/c2*18-16(19,20)9-27-12-4-5-14(28-10-17(21,22)23)13(7-12)15(26)25-8-11-3-1-2-6-24-11;1-2(3)4;1-3-2;1-2/h4-5,7,11,24H,1-3,6,8-10H2,(H,25,26);1-7H,8-10H2,(H,25,26);1H3,(H,3,4);;/q;;;-1;. The van der Waals surface area contributed by atoms with Crippen LogP contribution in [0.15, 0.2) is 60.8 Å². The first-order valence-electron chi connectivity index (χ1n) is 17.7. The van der Waals surface area contributed by atoms with Crippen molar-refractivity contribution >= 4 is 92.2 Å². The number of aliphatic carboxylic acids is 1. The molecule has 1 aliphatic heterocycles. The Morgan fingerprint density at radius 1 is 0.708 bits per heavy atom. The summed E-state index contributed by atoms with van der Waals surface area (Å²) in [7, 11) is 0. The fraction of sp³-hybridized carbons (Fsp3) is 0.444. The molecule has 0 radical (unpaired) electrons. The number of rotatable bonds is 14. The van der Waals surface area contributed by atoms with Crippen molar-refractivity contribution in [3.8, 4) is 23.0 Å². The number of hydrogen-bond donors (Lipinski definition) is 4. The number of carboxylic acid groups (broad SMARTS) is 1. The minimum atomic E-state index is -4.66. The number of aromatic nitrogens is 1. The minimum Gasteiger partial charge on any atom is -0.484 e. The van der Waals surface area contributed by atoms with E-state index in [1.54, 1.807) is 18.2 Å². The van der Waals surface area contributed by atoms with Gasteiger partial charge in [0.25, 0.3) is 17.8 Å². The number of nitrogens with one attached hydrogen (secondary N) is 3. The van der Waals surface area contributed by atoms with Crippen LogP contribution in [0.4, 0.5) is 52.7 Å². The van der Waals surface area contributed by atoms with Gasteiger partial charge in [0.2, 0.25) is 0 Å². The Kier molecular flexibility index (Phi) is 31.7. The van der Waals surface area contributed by atoms with Crippen molar-refractivity contribution < 1.29 is 104 Å². The van der Waals surface area contributed by atoms with Crippen LogP contribution in [0.1, 0.15) is 52.6 Å². The number of nitrogens with zero attached hydrogens (tertiary/aromatic N) is 1. The first-order chi connectivity index (χ1) is 30.2. The van der Waals surface area contributed by atoms with Crippen LogP contribution in [0.2, 0.25) is 0 Å². The molecule has 65 heavy (non-hydrogen) atoms. The normalized spacial score (nSPS) is 13.6. The molecule has 4 rings (SSSR count). The summed E-state index contributed by atoms with van der Waals surface area (Å²) >= 11 is 9.54. The number of carboxylic acids is 1. The van der Waals surface area contributed by atoms with Crippen molar-refractivity contribution in [1.29, 1.82) is 0 Å². The molecule has 29 heteroatoms. The molecule has 0 aliphatic carbocycles. The number of benzene rings is 2. The van der Waals surface area contributed by atoms with Crippen LogP contribution in [0.25, 0.3) is 0 Å². The van der Waals surface area contributed by atoms with Crippen molar-refractivity contribution in [2.75, 3.05) is 39.5 Å². The van der Waals surface area contributed by atoms with Crippen molar-refractivity contribution in [3.63, 3.8) is 0 Å². The zero-order valence-electron chi connectivity index (χ0n) is 33.1. The zero-order chi connectivity index (χ0) is 49.9. The Bertz CT molecular complexity index is 1840. The molecule has 0 saturated carbocycles. The third kappa shape index (κ3) is 33.2. The maximum Gasteiger partial charge on any atom is 0.422 e. The molecular formula is C36H38F12I5N4O8-. The number of carbonyl (C=O) groups is 3. The van der Waals surface area contributed by atoms with E-state index in [-0.39, 0.29) is 36.2 Å². The zero-order valence-corrected chi connectivity index (χ0v) is 43.9. The molecule has 2 amide bonds. The van der Waals surface area contributed by atoms with Crippen LogP contribution < -0.4 is 48.2 Å². The van der Waals surface area contributed by atoms with E-state index in [0.29, 0.717) is 18.9 Å². The van der Waals surface area contributed by atoms with Crippen LogP contribution in [0.3, 0.4) is 0 Å². The Hall–Kier alpha value is -2.03.